The number of ether oxygens (including phenoxy) is 1. The Morgan fingerprint density at radius 3 is 2.47 bits per heavy atom. The molecule has 0 aromatic carbocycles. The minimum atomic E-state index is -0.342. The average Bonchev–Trinajstić information content (AvgIpc) is 2.31. The summed E-state index contributed by atoms with van der Waals surface area (Å²) in [5.41, 5.74) is 5.28. The molecule has 1 unspecified atom stereocenters. The number of unbranched alkanes of at least 4 members (excludes halogenated alkanes) is 4. The van der Waals surface area contributed by atoms with Gasteiger partial charge in [0.2, 0.25) is 5.91 Å². The van der Waals surface area contributed by atoms with E-state index in [2.05, 4.69) is 19.2 Å². The van der Waals surface area contributed by atoms with Crippen molar-refractivity contribution in [2.45, 2.75) is 58.4 Å². The summed E-state index contributed by atoms with van der Waals surface area (Å²) in [6.45, 7) is 6.17. The van der Waals surface area contributed by atoms with Crippen molar-refractivity contribution in [2.75, 3.05) is 19.8 Å². The number of hydrogen-bond acceptors (Lipinski definition) is 3. The van der Waals surface area contributed by atoms with E-state index >= 15 is 0 Å². The van der Waals surface area contributed by atoms with Gasteiger partial charge in [-0.25, -0.2) is 0 Å². The summed E-state index contributed by atoms with van der Waals surface area (Å²) in [5, 5.41) is 3.08. The average molecular weight is 244 g/mol. The molecule has 0 rings (SSSR count). The molecule has 0 aromatic heterocycles. The first-order valence-corrected chi connectivity index (χ1v) is 6.82. The van der Waals surface area contributed by atoms with Crippen LogP contribution in [0.5, 0.6) is 0 Å². The Labute approximate surface area is 105 Å². The van der Waals surface area contributed by atoms with E-state index in [0.717, 1.165) is 26.0 Å². The molecule has 0 spiro atoms. The molecule has 0 saturated carbocycles. The predicted octanol–water partition coefficient (Wildman–Crippen LogP) is 1.83. The quantitative estimate of drug-likeness (QED) is 0.515. The lowest BCUT2D eigenvalue weighted by Gasteiger charge is -2.15. The molecule has 0 aliphatic carbocycles. The van der Waals surface area contributed by atoms with E-state index in [9.17, 15) is 4.79 Å². The van der Waals surface area contributed by atoms with Crippen molar-refractivity contribution >= 4 is 5.91 Å². The first kappa shape index (κ1) is 16.4. The van der Waals surface area contributed by atoms with Gasteiger partial charge in [-0.3, -0.25) is 4.79 Å². The molecule has 3 N–H and O–H groups in total. The molecule has 0 fully saturated rings. The Morgan fingerprint density at radius 2 is 1.88 bits per heavy atom. The second-order valence-electron chi connectivity index (χ2n) is 4.40. The summed E-state index contributed by atoms with van der Waals surface area (Å²) in [4.78, 5) is 11.1. The maximum absolute atomic E-state index is 11.1. The van der Waals surface area contributed by atoms with Crippen LogP contribution in [0, 0.1) is 0 Å². The monoisotopic (exact) mass is 244 g/mol. The molecule has 0 saturated heterocycles. The topological polar surface area (TPSA) is 64.3 Å². The van der Waals surface area contributed by atoms with E-state index in [1.165, 1.54) is 25.7 Å². The van der Waals surface area contributed by atoms with Crippen molar-refractivity contribution < 1.29 is 9.53 Å². The zero-order chi connectivity index (χ0) is 12.9. The van der Waals surface area contributed by atoms with E-state index in [1.54, 1.807) is 0 Å². The van der Waals surface area contributed by atoms with Gasteiger partial charge in [-0.15, -0.1) is 0 Å². The van der Waals surface area contributed by atoms with Crippen LogP contribution in [-0.4, -0.2) is 31.7 Å². The van der Waals surface area contributed by atoms with Crippen molar-refractivity contribution in [3.63, 3.8) is 0 Å². The molecule has 0 bridgehead atoms. The maximum atomic E-state index is 11.1. The summed E-state index contributed by atoms with van der Waals surface area (Å²) < 4.78 is 5.47. The fourth-order valence-corrected chi connectivity index (χ4v) is 1.57. The van der Waals surface area contributed by atoms with Crippen molar-refractivity contribution in [1.82, 2.24) is 5.32 Å². The van der Waals surface area contributed by atoms with Gasteiger partial charge in [0.25, 0.3) is 0 Å². The smallest absolute Gasteiger partial charge is 0.236 e. The normalized spacial score (nSPS) is 12.6. The van der Waals surface area contributed by atoms with Crippen LogP contribution in [0.15, 0.2) is 0 Å². The fourth-order valence-electron chi connectivity index (χ4n) is 1.57. The number of hydrogen-bond donors (Lipinski definition) is 2. The standard InChI is InChI=1S/C13H28N2O2/c1-3-5-6-7-8-10-17-11-12(13(14)16)15-9-4-2/h12,15H,3-11H2,1-2H3,(H2,14,16). The molecule has 1 atom stereocenters. The number of rotatable bonds is 12. The SMILES string of the molecule is CCCCCCCOCC(NCCC)C(N)=O. The minimum Gasteiger partial charge on any atom is -0.379 e. The lowest BCUT2D eigenvalue weighted by atomic mass is 10.2. The van der Waals surface area contributed by atoms with Gasteiger partial charge in [0, 0.05) is 6.61 Å². The number of carbonyl (C=O) groups is 1. The second kappa shape index (κ2) is 11.9. The van der Waals surface area contributed by atoms with Crippen molar-refractivity contribution in [2.24, 2.45) is 5.73 Å². The van der Waals surface area contributed by atoms with Crippen LogP contribution in [0.25, 0.3) is 0 Å². The van der Waals surface area contributed by atoms with Gasteiger partial charge in [-0.2, -0.15) is 0 Å². The summed E-state index contributed by atoms with van der Waals surface area (Å²) >= 11 is 0. The highest BCUT2D eigenvalue weighted by molar-refractivity contribution is 5.79. The minimum absolute atomic E-state index is 0.329. The zero-order valence-corrected chi connectivity index (χ0v) is 11.3. The van der Waals surface area contributed by atoms with E-state index in [0.29, 0.717) is 6.61 Å². The van der Waals surface area contributed by atoms with Gasteiger partial charge >= 0.3 is 0 Å². The van der Waals surface area contributed by atoms with Gasteiger partial charge in [-0.1, -0.05) is 39.5 Å². The third-order valence-corrected chi connectivity index (χ3v) is 2.66. The van der Waals surface area contributed by atoms with E-state index in [1.807, 2.05) is 0 Å². The Morgan fingerprint density at radius 1 is 1.18 bits per heavy atom. The lowest BCUT2D eigenvalue weighted by Crippen LogP contribution is -2.45. The van der Waals surface area contributed by atoms with Crippen molar-refractivity contribution in [3.8, 4) is 0 Å². The van der Waals surface area contributed by atoms with E-state index in [-0.39, 0.29) is 11.9 Å². The predicted molar refractivity (Wildman–Crippen MR) is 70.9 cm³/mol. The van der Waals surface area contributed by atoms with Gasteiger partial charge < -0.3 is 15.8 Å². The van der Waals surface area contributed by atoms with Crippen LogP contribution in [-0.2, 0) is 9.53 Å². The third-order valence-electron chi connectivity index (χ3n) is 2.66. The molecule has 102 valence electrons. The van der Waals surface area contributed by atoms with Crippen LogP contribution in [0.3, 0.4) is 0 Å². The molecule has 0 radical (unpaired) electrons. The molecule has 17 heavy (non-hydrogen) atoms. The Bertz CT molecular complexity index is 186. The lowest BCUT2D eigenvalue weighted by molar-refractivity contribution is -0.121. The summed E-state index contributed by atoms with van der Waals surface area (Å²) in [5.74, 6) is -0.329. The van der Waals surface area contributed by atoms with Crippen molar-refractivity contribution in [3.05, 3.63) is 0 Å². The highest BCUT2D eigenvalue weighted by Gasteiger charge is 2.13. The number of carbonyl (C=O) groups excluding carboxylic acids is 1. The van der Waals surface area contributed by atoms with Crippen LogP contribution in [0.4, 0.5) is 0 Å². The molecule has 4 nitrogen and oxygen atoms in total. The van der Waals surface area contributed by atoms with E-state index < -0.39 is 0 Å². The third kappa shape index (κ3) is 10.3. The molecule has 0 heterocycles. The Hall–Kier alpha value is -0.610. The molecular weight excluding hydrogens is 216 g/mol. The first-order chi connectivity index (χ1) is 8.22. The van der Waals surface area contributed by atoms with E-state index in [4.69, 9.17) is 10.5 Å². The van der Waals surface area contributed by atoms with Gasteiger partial charge in [0.05, 0.1) is 6.61 Å². The summed E-state index contributed by atoms with van der Waals surface area (Å²) in [6, 6.07) is -0.342. The molecule has 0 aliphatic heterocycles. The van der Waals surface area contributed by atoms with Crippen LogP contribution < -0.4 is 11.1 Å². The molecular formula is C13H28N2O2. The number of amides is 1. The van der Waals surface area contributed by atoms with Crippen LogP contribution >= 0.6 is 0 Å². The maximum Gasteiger partial charge on any atom is 0.236 e. The molecule has 1 amide bonds. The van der Waals surface area contributed by atoms with Gasteiger partial charge in [-0.05, 0) is 19.4 Å². The molecule has 0 aliphatic rings. The van der Waals surface area contributed by atoms with Crippen LogP contribution in [0.1, 0.15) is 52.4 Å². The fraction of sp³-hybridized carbons (Fsp3) is 0.923. The number of nitrogens with one attached hydrogen (secondary N) is 1. The Balaban J connectivity index is 3.44. The summed E-state index contributed by atoms with van der Waals surface area (Å²) in [7, 11) is 0. The van der Waals surface area contributed by atoms with Gasteiger partial charge in [0.1, 0.15) is 6.04 Å². The first-order valence-electron chi connectivity index (χ1n) is 6.82. The van der Waals surface area contributed by atoms with Gasteiger partial charge in [0.15, 0.2) is 0 Å². The number of primary amides is 1. The highest BCUT2D eigenvalue weighted by atomic mass is 16.5. The molecule has 4 heteroatoms. The second-order valence-corrected chi connectivity index (χ2v) is 4.40. The van der Waals surface area contributed by atoms with Crippen molar-refractivity contribution in [1.29, 1.82) is 0 Å². The number of nitrogens with two attached hydrogens (primary N) is 1. The summed E-state index contributed by atoms with van der Waals surface area (Å²) in [6.07, 6.45) is 7.08. The largest absolute Gasteiger partial charge is 0.379 e. The Kier molecular flexibility index (Phi) is 11.4. The molecule has 0 aromatic rings. The van der Waals surface area contributed by atoms with Crippen LogP contribution in [0.2, 0.25) is 0 Å². The highest BCUT2D eigenvalue weighted by Crippen LogP contribution is 2.02. The zero-order valence-electron chi connectivity index (χ0n) is 11.3.